The van der Waals surface area contributed by atoms with Crippen LogP contribution in [0.1, 0.15) is 22.3 Å². The Morgan fingerprint density at radius 1 is 0.262 bits per heavy atom. The van der Waals surface area contributed by atoms with Gasteiger partial charge in [-0.05, 0) is 86.9 Å². The molecule has 0 unspecified atom stereocenters. The van der Waals surface area contributed by atoms with Crippen LogP contribution in [0.5, 0.6) is 0 Å². The van der Waals surface area contributed by atoms with Crippen LogP contribution in [-0.4, -0.2) is 0 Å². The largest absolute Gasteiger partial charge is 0.0610 e. The Kier molecular flexibility index (Phi) is 5.00. The quantitative estimate of drug-likeness (QED) is 0.157. The summed E-state index contributed by atoms with van der Waals surface area (Å²) in [6, 6.07) is 49.0. The zero-order chi connectivity index (χ0) is 27.6. The molecule has 0 atom stereocenters. The summed E-state index contributed by atoms with van der Waals surface area (Å²) in [7, 11) is 0. The van der Waals surface area contributed by atoms with Crippen molar-refractivity contribution < 1.29 is 0 Å². The maximum Gasteiger partial charge on any atom is -0.00208 e. The fraction of sp³-hybridized carbons (Fsp3) is 0. The second-order valence-corrected chi connectivity index (χ2v) is 11.4. The third-order valence-corrected chi connectivity index (χ3v) is 8.97. The van der Waals surface area contributed by atoms with Gasteiger partial charge in [0, 0.05) is 0 Å². The first-order chi connectivity index (χ1) is 20.8. The predicted octanol–water partition coefficient (Wildman–Crippen LogP) is 11.8. The van der Waals surface area contributed by atoms with Gasteiger partial charge in [0.05, 0.1) is 0 Å². The number of hydrogen-bond acceptors (Lipinski definition) is 0. The van der Waals surface area contributed by atoms with E-state index in [1.165, 1.54) is 86.9 Å². The molecule has 0 nitrogen and oxygen atoms in total. The third kappa shape index (κ3) is 3.56. The first kappa shape index (κ1) is 23.3. The van der Waals surface area contributed by atoms with Crippen molar-refractivity contribution in [1.82, 2.24) is 0 Å². The van der Waals surface area contributed by atoms with E-state index in [2.05, 4.69) is 158 Å². The molecule has 0 amide bonds. The van der Waals surface area contributed by atoms with Gasteiger partial charge in [0.25, 0.3) is 0 Å². The molecule has 194 valence electrons. The SMILES string of the molecule is C(=C\c1ccc2ccc3cccc4ccc1c2c34)/c1ccc(/C=C/c2ccc3ccc4cccc5ccc2c3c45)cc1. The van der Waals surface area contributed by atoms with E-state index in [1.54, 1.807) is 0 Å². The van der Waals surface area contributed by atoms with E-state index >= 15 is 0 Å². The molecule has 9 rings (SSSR count). The molecule has 0 N–H and O–H groups in total. The lowest BCUT2D eigenvalue weighted by Crippen LogP contribution is -1.86. The van der Waals surface area contributed by atoms with E-state index in [4.69, 9.17) is 0 Å². The van der Waals surface area contributed by atoms with Gasteiger partial charge >= 0.3 is 0 Å². The summed E-state index contributed by atoms with van der Waals surface area (Å²) in [6.07, 6.45) is 8.95. The molecule has 0 saturated carbocycles. The van der Waals surface area contributed by atoms with E-state index < -0.39 is 0 Å². The van der Waals surface area contributed by atoms with Crippen LogP contribution in [0.25, 0.3) is 88.9 Å². The van der Waals surface area contributed by atoms with Crippen molar-refractivity contribution in [2.45, 2.75) is 0 Å². The standard InChI is InChI=1S/C42H26/c1-3-31-19-21-35-17-15-29(37-25-23-33(5-1)39(31)41(35)37)13-11-27-7-9-28(10-8-27)12-14-30-16-18-36-22-20-32-4-2-6-34-24-26-38(30)42(36)40(32)34/h1-26H/b13-11+,14-12+. The Bertz CT molecular complexity index is 2280. The van der Waals surface area contributed by atoms with Gasteiger partial charge in [-0.15, -0.1) is 0 Å². The molecular weight excluding hydrogens is 504 g/mol. The molecule has 42 heavy (non-hydrogen) atoms. The van der Waals surface area contributed by atoms with Crippen molar-refractivity contribution >= 4 is 88.9 Å². The summed E-state index contributed by atoms with van der Waals surface area (Å²) in [5.41, 5.74) is 4.89. The predicted molar refractivity (Wildman–Crippen MR) is 185 cm³/mol. The van der Waals surface area contributed by atoms with Crippen molar-refractivity contribution in [3.63, 3.8) is 0 Å². The molecule has 0 spiro atoms. The third-order valence-electron chi connectivity index (χ3n) is 8.97. The molecule has 0 fully saturated rings. The normalized spacial score (nSPS) is 12.6. The highest BCUT2D eigenvalue weighted by Crippen LogP contribution is 2.38. The average Bonchev–Trinajstić information content (AvgIpc) is 3.05. The topological polar surface area (TPSA) is 0 Å². The van der Waals surface area contributed by atoms with Gasteiger partial charge in [-0.25, -0.2) is 0 Å². The van der Waals surface area contributed by atoms with Crippen molar-refractivity contribution in [3.8, 4) is 0 Å². The molecule has 0 heteroatoms. The molecule has 0 aliphatic heterocycles. The summed E-state index contributed by atoms with van der Waals surface area (Å²) >= 11 is 0. The molecular formula is C42H26. The molecule has 0 aromatic heterocycles. The fourth-order valence-corrected chi connectivity index (χ4v) is 6.90. The smallest absolute Gasteiger partial charge is 0.00208 e. The van der Waals surface area contributed by atoms with Gasteiger partial charge in [0.15, 0.2) is 0 Å². The summed E-state index contributed by atoms with van der Waals surface area (Å²) in [5.74, 6) is 0. The molecule has 0 aliphatic rings. The minimum absolute atomic E-state index is 1.19. The van der Waals surface area contributed by atoms with Gasteiger partial charge in [-0.2, -0.15) is 0 Å². The number of hydrogen-bond donors (Lipinski definition) is 0. The molecule has 0 aliphatic carbocycles. The molecule has 0 saturated heterocycles. The average molecular weight is 531 g/mol. The van der Waals surface area contributed by atoms with E-state index in [9.17, 15) is 0 Å². The van der Waals surface area contributed by atoms with Crippen LogP contribution in [0.4, 0.5) is 0 Å². The molecule has 0 bridgehead atoms. The van der Waals surface area contributed by atoms with E-state index in [1.807, 2.05) is 0 Å². The molecule has 9 aromatic rings. The van der Waals surface area contributed by atoms with Crippen LogP contribution in [0, 0.1) is 0 Å². The molecule has 9 aromatic carbocycles. The summed E-state index contributed by atoms with van der Waals surface area (Å²) in [6.45, 7) is 0. The Balaban J connectivity index is 1.03. The Hall–Kier alpha value is -5.46. The van der Waals surface area contributed by atoms with Gasteiger partial charge in [-0.3, -0.25) is 0 Å². The number of rotatable bonds is 4. The Labute approximate surface area is 244 Å². The van der Waals surface area contributed by atoms with Gasteiger partial charge in [-0.1, -0.05) is 158 Å². The van der Waals surface area contributed by atoms with E-state index in [0.717, 1.165) is 0 Å². The summed E-state index contributed by atoms with van der Waals surface area (Å²) in [4.78, 5) is 0. The van der Waals surface area contributed by atoms with Crippen molar-refractivity contribution in [2.24, 2.45) is 0 Å². The van der Waals surface area contributed by atoms with E-state index in [0.29, 0.717) is 0 Å². The summed E-state index contributed by atoms with van der Waals surface area (Å²) in [5, 5.41) is 15.9. The van der Waals surface area contributed by atoms with Gasteiger partial charge in [0.2, 0.25) is 0 Å². The van der Waals surface area contributed by atoms with Crippen LogP contribution in [0.2, 0.25) is 0 Å². The zero-order valence-electron chi connectivity index (χ0n) is 23.0. The van der Waals surface area contributed by atoms with Crippen LogP contribution < -0.4 is 0 Å². The van der Waals surface area contributed by atoms with Crippen molar-refractivity contribution in [1.29, 1.82) is 0 Å². The van der Waals surface area contributed by atoms with Crippen LogP contribution >= 0.6 is 0 Å². The minimum Gasteiger partial charge on any atom is -0.0610 e. The lowest BCUT2D eigenvalue weighted by Gasteiger charge is -2.12. The molecule has 0 heterocycles. The van der Waals surface area contributed by atoms with Crippen molar-refractivity contribution in [3.05, 3.63) is 156 Å². The Morgan fingerprint density at radius 3 is 1.00 bits per heavy atom. The first-order valence-electron chi connectivity index (χ1n) is 14.6. The van der Waals surface area contributed by atoms with Crippen LogP contribution in [0.3, 0.4) is 0 Å². The highest BCUT2D eigenvalue weighted by molar-refractivity contribution is 6.25. The second kappa shape index (κ2) is 9.03. The fourth-order valence-electron chi connectivity index (χ4n) is 6.90. The van der Waals surface area contributed by atoms with Gasteiger partial charge < -0.3 is 0 Å². The van der Waals surface area contributed by atoms with Gasteiger partial charge in [0.1, 0.15) is 0 Å². The first-order valence-corrected chi connectivity index (χ1v) is 14.6. The molecule has 0 radical (unpaired) electrons. The lowest BCUT2D eigenvalue weighted by molar-refractivity contribution is 1.62. The lowest BCUT2D eigenvalue weighted by atomic mass is 9.91. The zero-order valence-corrected chi connectivity index (χ0v) is 23.0. The van der Waals surface area contributed by atoms with Crippen molar-refractivity contribution in [2.75, 3.05) is 0 Å². The minimum atomic E-state index is 1.19. The highest BCUT2D eigenvalue weighted by atomic mass is 14.1. The Morgan fingerprint density at radius 2 is 0.595 bits per heavy atom. The summed E-state index contributed by atoms with van der Waals surface area (Å²) < 4.78 is 0. The highest BCUT2D eigenvalue weighted by Gasteiger charge is 2.11. The monoisotopic (exact) mass is 530 g/mol. The van der Waals surface area contributed by atoms with Crippen LogP contribution in [0.15, 0.2) is 133 Å². The number of benzene rings is 9. The van der Waals surface area contributed by atoms with Crippen LogP contribution in [-0.2, 0) is 0 Å². The maximum absolute atomic E-state index is 2.27. The van der Waals surface area contributed by atoms with E-state index in [-0.39, 0.29) is 0 Å². The second-order valence-electron chi connectivity index (χ2n) is 11.4. The maximum atomic E-state index is 2.27.